The third-order valence-corrected chi connectivity index (χ3v) is 5.32. The smallest absolute Gasteiger partial charge is 0.279 e. The molecule has 1 fully saturated rings. The first-order valence-electron chi connectivity index (χ1n) is 7.13. The SMILES string of the molecule is CNS(=O)(=O)N1CCN(C(=O)c2ccc(OC)c(OC)c2)CC1. The Morgan fingerprint density at radius 2 is 1.70 bits per heavy atom. The van der Waals surface area contributed by atoms with E-state index in [-0.39, 0.29) is 19.0 Å². The second-order valence-corrected chi connectivity index (χ2v) is 6.84. The van der Waals surface area contributed by atoms with E-state index in [1.165, 1.54) is 25.6 Å². The number of piperazine rings is 1. The molecule has 0 bridgehead atoms. The maximum absolute atomic E-state index is 12.5. The highest BCUT2D eigenvalue weighted by atomic mass is 32.2. The van der Waals surface area contributed by atoms with E-state index < -0.39 is 10.2 Å². The van der Waals surface area contributed by atoms with Crippen molar-refractivity contribution in [3.63, 3.8) is 0 Å². The normalized spacial score (nSPS) is 16.2. The zero-order chi connectivity index (χ0) is 17.0. The Kier molecular flexibility index (Phi) is 5.45. The summed E-state index contributed by atoms with van der Waals surface area (Å²) in [4.78, 5) is 14.2. The Morgan fingerprint density at radius 1 is 1.09 bits per heavy atom. The number of nitrogens with zero attached hydrogens (tertiary/aromatic N) is 2. The summed E-state index contributed by atoms with van der Waals surface area (Å²) in [6, 6.07) is 4.96. The number of nitrogens with one attached hydrogen (secondary N) is 1. The van der Waals surface area contributed by atoms with E-state index >= 15 is 0 Å². The van der Waals surface area contributed by atoms with Gasteiger partial charge in [-0.1, -0.05) is 0 Å². The predicted octanol–water partition coefficient (Wildman–Crippen LogP) is -0.0742. The van der Waals surface area contributed by atoms with Gasteiger partial charge >= 0.3 is 0 Å². The average Bonchev–Trinajstić information content (AvgIpc) is 2.60. The first-order valence-corrected chi connectivity index (χ1v) is 8.57. The standard InChI is InChI=1S/C14H21N3O5S/c1-15-23(19,20)17-8-6-16(7-9-17)14(18)11-4-5-12(21-2)13(10-11)22-3/h4-5,10,15H,6-9H2,1-3H3. The monoisotopic (exact) mass is 343 g/mol. The Morgan fingerprint density at radius 3 is 2.22 bits per heavy atom. The summed E-state index contributed by atoms with van der Waals surface area (Å²) in [6.45, 7) is 1.21. The highest BCUT2D eigenvalue weighted by molar-refractivity contribution is 7.87. The second kappa shape index (κ2) is 7.16. The van der Waals surface area contributed by atoms with Crippen molar-refractivity contribution in [1.29, 1.82) is 0 Å². The van der Waals surface area contributed by atoms with Crippen LogP contribution < -0.4 is 14.2 Å². The fourth-order valence-electron chi connectivity index (χ4n) is 2.41. The molecular weight excluding hydrogens is 322 g/mol. The molecule has 0 spiro atoms. The van der Waals surface area contributed by atoms with E-state index in [0.717, 1.165) is 0 Å². The summed E-state index contributed by atoms with van der Waals surface area (Å²) in [5.74, 6) is 0.871. The van der Waals surface area contributed by atoms with E-state index in [1.54, 1.807) is 23.1 Å². The van der Waals surface area contributed by atoms with Gasteiger partial charge in [-0.3, -0.25) is 4.79 Å². The molecule has 2 rings (SSSR count). The van der Waals surface area contributed by atoms with Gasteiger partial charge in [0, 0.05) is 38.8 Å². The van der Waals surface area contributed by atoms with Gasteiger partial charge in [-0.05, 0) is 18.2 Å². The molecule has 0 aromatic heterocycles. The number of ether oxygens (including phenoxy) is 2. The molecule has 1 saturated heterocycles. The van der Waals surface area contributed by atoms with Crippen molar-refractivity contribution in [3.05, 3.63) is 23.8 Å². The van der Waals surface area contributed by atoms with E-state index in [4.69, 9.17) is 9.47 Å². The molecule has 0 atom stereocenters. The van der Waals surface area contributed by atoms with Gasteiger partial charge in [-0.15, -0.1) is 0 Å². The lowest BCUT2D eigenvalue weighted by Crippen LogP contribution is -2.52. The zero-order valence-corrected chi connectivity index (χ0v) is 14.2. The average molecular weight is 343 g/mol. The molecular formula is C14H21N3O5S. The number of carbonyl (C=O) groups is 1. The third-order valence-electron chi connectivity index (χ3n) is 3.75. The molecule has 0 aliphatic carbocycles. The molecule has 1 N–H and O–H groups in total. The lowest BCUT2D eigenvalue weighted by molar-refractivity contribution is 0.0697. The fourth-order valence-corrected chi connectivity index (χ4v) is 3.31. The van der Waals surface area contributed by atoms with E-state index in [9.17, 15) is 13.2 Å². The molecule has 1 aromatic rings. The van der Waals surface area contributed by atoms with Crippen LogP contribution in [0.3, 0.4) is 0 Å². The van der Waals surface area contributed by atoms with Crippen LogP contribution in [0.4, 0.5) is 0 Å². The van der Waals surface area contributed by atoms with Crippen molar-refractivity contribution in [2.45, 2.75) is 0 Å². The quantitative estimate of drug-likeness (QED) is 0.808. The van der Waals surface area contributed by atoms with Gasteiger partial charge in [-0.2, -0.15) is 12.7 Å². The topological polar surface area (TPSA) is 88.2 Å². The van der Waals surface area contributed by atoms with Crippen LogP contribution in [0.5, 0.6) is 11.5 Å². The van der Waals surface area contributed by atoms with Crippen LogP contribution >= 0.6 is 0 Å². The minimum Gasteiger partial charge on any atom is -0.493 e. The Bertz CT molecular complexity index is 669. The lowest BCUT2D eigenvalue weighted by Gasteiger charge is -2.33. The van der Waals surface area contributed by atoms with Gasteiger partial charge in [0.2, 0.25) is 0 Å². The van der Waals surface area contributed by atoms with Gasteiger partial charge in [0.1, 0.15) is 0 Å². The molecule has 1 aliphatic rings. The fraction of sp³-hybridized carbons (Fsp3) is 0.500. The van der Waals surface area contributed by atoms with Gasteiger partial charge in [-0.25, -0.2) is 4.72 Å². The lowest BCUT2D eigenvalue weighted by atomic mass is 10.1. The molecule has 128 valence electrons. The van der Waals surface area contributed by atoms with Crippen molar-refractivity contribution >= 4 is 16.1 Å². The van der Waals surface area contributed by atoms with Crippen LogP contribution in [-0.4, -0.2) is 71.0 Å². The minimum absolute atomic E-state index is 0.160. The van der Waals surface area contributed by atoms with E-state index in [1.807, 2.05) is 0 Å². The van der Waals surface area contributed by atoms with Crippen molar-refractivity contribution in [3.8, 4) is 11.5 Å². The van der Waals surface area contributed by atoms with Crippen LogP contribution in [-0.2, 0) is 10.2 Å². The van der Waals surface area contributed by atoms with E-state index in [2.05, 4.69) is 4.72 Å². The zero-order valence-electron chi connectivity index (χ0n) is 13.4. The van der Waals surface area contributed by atoms with Crippen molar-refractivity contribution in [1.82, 2.24) is 13.9 Å². The Balaban J connectivity index is 2.08. The van der Waals surface area contributed by atoms with Crippen LogP contribution in [0.2, 0.25) is 0 Å². The summed E-state index contributed by atoms with van der Waals surface area (Å²) in [6.07, 6.45) is 0. The maximum atomic E-state index is 12.5. The molecule has 0 saturated carbocycles. The molecule has 0 radical (unpaired) electrons. The molecule has 1 aliphatic heterocycles. The van der Waals surface area contributed by atoms with Crippen LogP contribution in [0.15, 0.2) is 18.2 Å². The maximum Gasteiger partial charge on any atom is 0.279 e. The van der Waals surface area contributed by atoms with Crippen molar-refractivity contribution < 1.29 is 22.7 Å². The number of benzene rings is 1. The van der Waals surface area contributed by atoms with Gasteiger partial charge in [0.05, 0.1) is 14.2 Å². The summed E-state index contributed by atoms with van der Waals surface area (Å²) >= 11 is 0. The number of hydrogen-bond donors (Lipinski definition) is 1. The molecule has 1 aromatic carbocycles. The first-order chi connectivity index (χ1) is 10.9. The number of carbonyl (C=O) groups excluding carboxylic acids is 1. The minimum atomic E-state index is -3.45. The summed E-state index contributed by atoms with van der Waals surface area (Å²) in [7, 11) is 0.962. The Labute approximate surface area is 136 Å². The third kappa shape index (κ3) is 3.74. The number of rotatable bonds is 5. The molecule has 1 heterocycles. The van der Waals surface area contributed by atoms with Crippen LogP contribution in [0.25, 0.3) is 0 Å². The number of hydrogen-bond acceptors (Lipinski definition) is 5. The molecule has 0 unspecified atom stereocenters. The summed E-state index contributed by atoms with van der Waals surface area (Å²) in [5.41, 5.74) is 0.479. The summed E-state index contributed by atoms with van der Waals surface area (Å²) in [5, 5.41) is 0. The molecule has 9 heteroatoms. The van der Waals surface area contributed by atoms with Gasteiger partial charge in [0.25, 0.3) is 16.1 Å². The van der Waals surface area contributed by atoms with E-state index in [0.29, 0.717) is 30.2 Å². The predicted molar refractivity (Wildman–Crippen MR) is 85.0 cm³/mol. The Hall–Kier alpha value is -1.84. The second-order valence-electron chi connectivity index (χ2n) is 4.97. The van der Waals surface area contributed by atoms with Gasteiger partial charge in [0.15, 0.2) is 11.5 Å². The van der Waals surface area contributed by atoms with Crippen molar-refractivity contribution in [2.24, 2.45) is 0 Å². The highest BCUT2D eigenvalue weighted by Gasteiger charge is 2.28. The summed E-state index contributed by atoms with van der Waals surface area (Å²) < 4.78 is 37.4. The van der Waals surface area contributed by atoms with Crippen LogP contribution in [0, 0.1) is 0 Å². The van der Waals surface area contributed by atoms with Gasteiger partial charge < -0.3 is 14.4 Å². The van der Waals surface area contributed by atoms with Crippen molar-refractivity contribution in [2.75, 3.05) is 47.4 Å². The first kappa shape index (κ1) is 17.5. The number of methoxy groups -OCH3 is 2. The number of amides is 1. The molecule has 8 nitrogen and oxygen atoms in total. The van der Waals surface area contributed by atoms with Crippen LogP contribution in [0.1, 0.15) is 10.4 Å². The highest BCUT2D eigenvalue weighted by Crippen LogP contribution is 2.28. The molecule has 23 heavy (non-hydrogen) atoms. The largest absolute Gasteiger partial charge is 0.493 e. The molecule has 1 amide bonds.